The standard InChI is InChI=1S/C34H47N3O10.C18H20O5.Na/c1-19(2)35-25(32(43)37-26(11-13-27(38)39)31(42)36-20(3)4)12-14-28(40)44-17-21-18-45-34(46-21)24-10-8-7-9-22(24)29-23(30(34)41)15-16-33(5,6)47-29;1-17(2)8-7-13-15(23-17)12-5-3-4-6-14(12)18(16(13)20)21-10-11(9-19)22-18;/h7-10,19-21,25-26,35H,11-18H2,1-6H3,(H,36,42)(H,37,43)(H,38,39);3-6,11,19H,7-10H2,1-2H3;/q;;+1/p-1. The van der Waals surface area contributed by atoms with E-state index < -0.39 is 71.6 Å². The van der Waals surface area contributed by atoms with Crippen molar-refractivity contribution in [3.05, 3.63) is 81.9 Å². The zero-order valence-corrected chi connectivity index (χ0v) is 44.2. The molecule has 2 fully saturated rings. The normalized spacial score (nSPS) is 25.3. The molecule has 18 nitrogen and oxygen atoms in total. The van der Waals surface area contributed by atoms with Gasteiger partial charge in [0.15, 0.2) is 0 Å². The Labute approximate surface area is 436 Å². The molecule has 2 amide bonds. The number of carboxylic acids is 1. The zero-order valence-electron chi connectivity index (χ0n) is 42.2. The number of ether oxygens (including phenoxy) is 7. The summed E-state index contributed by atoms with van der Waals surface area (Å²) in [6.07, 6.45) is 0.719. The Balaban J connectivity index is 0.000000285. The maximum absolute atomic E-state index is 13.8. The van der Waals surface area contributed by atoms with Gasteiger partial charge in [-0.1, -0.05) is 62.4 Å². The van der Waals surface area contributed by atoms with Gasteiger partial charge in [0.1, 0.15) is 47.6 Å². The molecule has 4 heterocycles. The minimum Gasteiger partial charge on any atom is -0.550 e. The first-order chi connectivity index (χ1) is 33.1. The topological polar surface area (TPSA) is 246 Å². The molecule has 6 atom stereocenters. The van der Waals surface area contributed by atoms with E-state index in [2.05, 4.69) is 16.0 Å². The second-order valence-corrected chi connectivity index (χ2v) is 20.3. The number of carbonyl (C=O) groups excluding carboxylic acids is 6. The molecule has 6 unspecified atom stereocenters. The number of aliphatic hydroxyl groups is 1. The molecule has 2 spiro atoms. The number of ketones is 2. The van der Waals surface area contributed by atoms with Crippen LogP contribution in [0.25, 0.3) is 11.5 Å². The van der Waals surface area contributed by atoms with Crippen molar-refractivity contribution in [2.45, 2.75) is 166 Å². The van der Waals surface area contributed by atoms with Gasteiger partial charge in [0.25, 0.3) is 11.6 Å². The Morgan fingerprint density at radius 3 is 1.66 bits per heavy atom. The van der Waals surface area contributed by atoms with E-state index in [0.717, 1.165) is 17.5 Å². The molecule has 380 valence electrons. The van der Waals surface area contributed by atoms with Crippen LogP contribution in [-0.2, 0) is 73.5 Å². The molecular weight excluding hydrogens is 930 g/mol. The van der Waals surface area contributed by atoms with Crippen molar-refractivity contribution >= 4 is 46.8 Å². The van der Waals surface area contributed by atoms with Crippen LogP contribution in [0.3, 0.4) is 0 Å². The molecule has 0 bridgehead atoms. The second-order valence-electron chi connectivity index (χ2n) is 20.3. The number of esters is 1. The summed E-state index contributed by atoms with van der Waals surface area (Å²) in [7, 11) is 0. The molecule has 71 heavy (non-hydrogen) atoms. The first kappa shape index (κ1) is 55.8. The summed E-state index contributed by atoms with van der Waals surface area (Å²) in [6.45, 7) is 15.1. The predicted octanol–water partition coefficient (Wildman–Crippen LogP) is 0.501. The van der Waals surface area contributed by atoms with Crippen molar-refractivity contribution in [2.24, 2.45) is 0 Å². The molecule has 4 aliphatic heterocycles. The number of nitrogens with one attached hydrogen (secondary N) is 3. The van der Waals surface area contributed by atoms with Crippen LogP contribution >= 0.6 is 0 Å². The predicted molar refractivity (Wildman–Crippen MR) is 249 cm³/mol. The van der Waals surface area contributed by atoms with Crippen LogP contribution in [0.5, 0.6) is 0 Å². The monoisotopic (exact) mass is 995 g/mol. The number of amides is 2. The van der Waals surface area contributed by atoms with Gasteiger partial charge in [-0.25, -0.2) is 0 Å². The summed E-state index contributed by atoms with van der Waals surface area (Å²) >= 11 is 0. The van der Waals surface area contributed by atoms with Gasteiger partial charge in [0.05, 0.1) is 25.9 Å². The first-order valence-electron chi connectivity index (χ1n) is 24.2. The number of rotatable bonds is 15. The van der Waals surface area contributed by atoms with Gasteiger partial charge in [-0.2, -0.15) is 0 Å². The van der Waals surface area contributed by atoms with Gasteiger partial charge in [0, 0.05) is 57.9 Å². The molecule has 4 N–H and O–H groups in total. The minimum absolute atomic E-state index is 0. The number of aliphatic hydroxyl groups excluding tert-OH is 1. The molecule has 2 saturated heterocycles. The van der Waals surface area contributed by atoms with E-state index in [4.69, 9.17) is 33.2 Å². The summed E-state index contributed by atoms with van der Waals surface area (Å²) < 4.78 is 41.8. The smallest absolute Gasteiger partial charge is 0.550 e. The molecule has 8 rings (SSSR count). The Kier molecular flexibility index (Phi) is 17.9. The molecule has 0 radical (unpaired) electrons. The fraction of sp³-hybridized carbons (Fsp3) is 0.577. The molecule has 2 aromatic rings. The maximum Gasteiger partial charge on any atom is 1.00 e. The van der Waals surface area contributed by atoms with Gasteiger partial charge >= 0.3 is 35.5 Å². The van der Waals surface area contributed by atoms with Gasteiger partial charge in [-0.3, -0.25) is 24.0 Å². The molecule has 0 aromatic heterocycles. The zero-order chi connectivity index (χ0) is 50.8. The molecule has 6 aliphatic rings. The van der Waals surface area contributed by atoms with Crippen LogP contribution in [0.15, 0.2) is 59.7 Å². The van der Waals surface area contributed by atoms with E-state index in [9.17, 15) is 39.0 Å². The van der Waals surface area contributed by atoms with E-state index in [1.807, 2.05) is 77.9 Å². The van der Waals surface area contributed by atoms with E-state index in [1.165, 1.54) is 0 Å². The Morgan fingerprint density at radius 1 is 0.704 bits per heavy atom. The van der Waals surface area contributed by atoms with Crippen LogP contribution in [0.4, 0.5) is 0 Å². The number of hydrogen-bond donors (Lipinski definition) is 4. The van der Waals surface area contributed by atoms with Gasteiger partial charge < -0.3 is 64.1 Å². The van der Waals surface area contributed by atoms with Crippen LogP contribution in [0.1, 0.15) is 129 Å². The largest absolute Gasteiger partial charge is 1.00 e. The number of benzene rings is 2. The van der Waals surface area contributed by atoms with Gasteiger partial charge in [0.2, 0.25) is 23.4 Å². The first-order valence-corrected chi connectivity index (χ1v) is 24.2. The van der Waals surface area contributed by atoms with Crippen LogP contribution < -0.4 is 50.6 Å². The Morgan fingerprint density at radius 2 is 1.18 bits per heavy atom. The van der Waals surface area contributed by atoms with Crippen molar-refractivity contribution < 1.29 is 102 Å². The third kappa shape index (κ3) is 12.3. The van der Waals surface area contributed by atoms with Gasteiger partial charge in [-0.15, -0.1) is 0 Å². The van der Waals surface area contributed by atoms with Crippen molar-refractivity contribution in [3.8, 4) is 0 Å². The third-order valence-electron chi connectivity index (χ3n) is 12.9. The van der Waals surface area contributed by atoms with E-state index in [1.54, 1.807) is 26.0 Å². The van der Waals surface area contributed by atoms with Crippen LogP contribution in [0, 0.1) is 0 Å². The Hall–Kier alpha value is -4.50. The van der Waals surface area contributed by atoms with Crippen LogP contribution in [0.2, 0.25) is 0 Å². The fourth-order valence-corrected chi connectivity index (χ4v) is 9.42. The Bertz CT molecular complexity index is 2430. The molecule has 19 heteroatoms. The number of aliphatic carboxylic acids is 1. The van der Waals surface area contributed by atoms with Crippen LogP contribution in [-0.4, -0.2) is 114 Å². The van der Waals surface area contributed by atoms with Gasteiger partial charge in [-0.05, 0) is 86.5 Å². The van der Waals surface area contributed by atoms with Crippen molar-refractivity contribution in [1.82, 2.24) is 16.0 Å². The average molecular weight is 996 g/mol. The molecule has 2 aromatic carbocycles. The summed E-state index contributed by atoms with van der Waals surface area (Å²) in [5.41, 5.74) is 3.21. The quantitative estimate of drug-likeness (QED) is 0.140. The third-order valence-corrected chi connectivity index (χ3v) is 12.9. The van der Waals surface area contributed by atoms with Crippen molar-refractivity contribution in [3.63, 3.8) is 0 Å². The average Bonchev–Trinajstić information content (AvgIpc) is 3.95. The summed E-state index contributed by atoms with van der Waals surface area (Å²) in [6, 6.07) is 12.5. The van der Waals surface area contributed by atoms with E-state index in [-0.39, 0.29) is 104 Å². The minimum atomic E-state index is -1.66. The van der Waals surface area contributed by atoms with E-state index in [0.29, 0.717) is 53.1 Å². The van der Waals surface area contributed by atoms with E-state index >= 15 is 0 Å². The summed E-state index contributed by atoms with van der Waals surface area (Å²) in [4.78, 5) is 76.6. The fourth-order valence-electron chi connectivity index (χ4n) is 9.42. The molecule has 0 saturated carbocycles. The number of Topliss-reactive ketones (excluding diaryl/α,β-unsaturated/α-hetero) is 2. The summed E-state index contributed by atoms with van der Waals surface area (Å²) in [5.74, 6) is -5.41. The maximum atomic E-state index is 13.8. The number of hydrogen-bond acceptors (Lipinski definition) is 16. The number of carboxylic acid groups (broad SMARTS) is 1. The molecular formula is C52H66N3NaO15. The SMILES string of the molecule is CC(C)NC(=O)C(CCC(=O)[O-])NC(=O)C(CCC(=O)OCC1COC2(O1)C(=O)C1=C(OC(C)(C)CC1)c1ccccc12)NC(C)C.CC1(C)CCC2=C(O1)c1ccccc1C1(OCC(CO)O1)C2=O.[Na+]. The summed E-state index contributed by atoms with van der Waals surface area (Å²) in [5, 5.41) is 28.8. The van der Waals surface area contributed by atoms with Crippen molar-refractivity contribution in [1.29, 1.82) is 0 Å². The molecule has 2 aliphatic carbocycles. The second kappa shape index (κ2) is 22.7. The number of fused-ring (bicyclic) bond motifs is 6. The van der Waals surface area contributed by atoms with Crippen molar-refractivity contribution in [2.75, 3.05) is 26.4 Å². The number of carbonyl (C=O) groups is 6.